The summed E-state index contributed by atoms with van der Waals surface area (Å²) >= 11 is 0. The van der Waals surface area contributed by atoms with Crippen molar-refractivity contribution in [1.82, 2.24) is 0 Å². The van der Waals surface area contributed by atoms with E-state index in [0.29, 0.717) is 5.56 Å². The number of methoxy groups -OCH3 is 1. The number of halogens is 3. The quantitative estimate of drug-likeness (QED) is 0.835. The molecule has 0 bridgehead atoms. The van der Waals surface area contributed by atoms with Crippen molar-refractivity contribution >= 4 is 5.69 Å². The average Bonchev–Trinajstić information content (AvgIpc) is 2.45. The smallest absolute Gasteiger partial charge is 0.357 e. The molecule has 0 aliphatic heterocycles. The van der Waals surface area contributed by atoms with Crippen molar-refractivity contribution in [2.24, 2.45) is 0 Å². The molecule has 0 aliphatic rings. The molecule has 0 radical (unpaired) electrons. The van der Waals surface area contributed by atoms with Crippen molar-refractivity contribution in [1.29, 1.82) is 0 Å². The molecule has 106 valence electrons. The number of anilines is 1. The molecule has 0 amide bonds. The van der Waals surface area contributed by atoms with Gasteiger partial charge in [-0.05, 0) is 24.3 Å². The van der Waals surface area contributed by atoms with Crippen LogP contribution < -0.4 is 5.32 Å². The Kier molecular flexibility index (Phi) is 4.29. The number of nitrogens with one attached hydrogen (secondary N) is 1. The molecule has 0 saturated heterocycles. The van der Waals surface area contributed by atoms with Crippen molar-refractivity contribution < 1.29 is 17.9 Å². The van der Waals surface area contributed by atoms with Crippen molar-refractivity contribution in [2.75, 3.05) is 12.4 Å². The lowest BCUT2D eigenvalue weighted by Gasteiger charge is -2.19. The molecule has 20 heavy (non-hydrogen) atoms. The van der Waals surface area contributed by atoms with Crippen molar-refractivity contribution in [2.45, 2.75) is 12.4 Å². The molecule has 0 aromatic heterocycles. The summed E-state index contributed by atoms with van der Waals surface area (Å²) in [6.45, 7) is 0. The highest BCUT2D eigenvalue weighted by atomic mass is 19.4. The monoisotopic (exact) mass is 281 g/mol. The Morgan fingerprint density at radius 3 is 2.05 bits per heavy atom. The van der Waals surface area contributed by atoms with Crippen molar-refractivity contribution in [3.8, 4) is 0 Å². The van der Waals surface area contributed by atoms with Gasteiger partial charge >= 0.3 is 6.18 Å². The van der Waals surface area contributed by atoms with Gasteiger partial charge in [0.25, 0.3) is 0 Å². The van der Waals surface area contributed by atoms with Crippen LogP contribution in [-0.4, -0.2) is 7.11 Å². The first kappa shape index (κ1) is 14.4. The van der Waals surface area contributed by atoms with E-state index < -0.39 is 18.0 Å². The standard InChI is InChI=1S/C15H14F3NO/c1-20-14(19-13-5-3-2-4-6-13)11-7-9-12(10-8-11)15(16,17)18/h2-10,14,19H,1H3. The van der Waals surface area contributed by atoms with Gasteiger partial charge in [-0.2, -0.15) is 13.2 Å². The van der Waals surface area contributed by atoms with Crippen LogP contribution in [0.2, 0.25) is 0 Å². The van der Waals surface area contributed by atoms with E-state index in [9.17, 15) is 13.2 Å². The number of hydrogen-bond acceptors (Lipinski definition) is 2. The highest BCUT2D eigenvalue weighted by molar-refractivity contribution is 5.44. The number of para-hydroxylation sites is 1. The third kappa shape index (κ3) is 3.51. The largest absolute Gasteiger partial charge is 0.416 e. The second kappa shape index (κ2) is 5.96. The zero-order chi connectivity index (χ0) is 14.6. The second-order valence-corrected chi connectivity index (χ2v) is 4.25. The molecular weight excluding hydrogens is 267 g/mol. The number of alkyl halides is 3. The summed E-state index contributed by atoms with van der Waals surface area (Å²) in [6, 6.07) is 14.2. The molecule has 1 atom stereocenters. The lowest BCUT2D eigenvalue weighted by Crippen LogP contribution is -2.13. The van der Waals surface area contributed by atoms with Crippen molar-refractivity contribution in [3.05, 3.63) is 65.7 Å². The predicted molar refractivity (Wildman–Crippen MR) is 71.3 cm³/mol. The van der Waals surface area contributed by atoms with Crippen LogP contribution in [-0.2, 0) is 10.9 Å². The van der Waals surface area contributed by atoms with Gasteiger partial charge in [-0.15, -0.1) is 0 Å². The van der Waals surface area contributed by atoms with E-state index >= 15 is 0 Å². The summed E-state index contributed by atoms with van der Waals surface area (Å²) in [5.41, 5.74) is 0.791. The first-order valence-corrected chi connectivity index (χ1v) is 6.02. The fourth-order valence-corrected chi connectivity index (χ4v) is 1.81. The van der Waals surface area contributed by atoms with Gasteiger partial charge in [0.05, 0.1) is 5.56 Å². The number of hydrogen-bond donors (Lipinski definition) is 1. The summed E-state index contributed by atoms with van der Waals surface area (Å²) in [7, 11) is 1.50. The van der Waals surface area contributed by atoms with E-state index in [1.54, 1.807) is 0 Å². The summed E-state index contributed by atoms with van der Waals surface area (Å²) in [5.74, 6) is 0. The van der Waals surface area contributed by atoms with Gasteiger partial charge in [-0.25, -0.2) is 0 Å². The summed E-state index contributed by atoms with van der Waals surface area (Å²) in [6.07, 6.45) is -4.83. The Morgan fingerprint density at radius 2 is 1.55 bits per heavy atom. The minimum atomic E-state index is -4.33. The lowest BCUT2D eigenvalue weighted by molar-refractivity contribution is -0.137. The van der Waals surface area contributed by atoms with Gasteiger partial charge in [-0.3, -0.25) is 0 Å². The Morgan fingerprint density at radius 1 is 0.950 bits per heavy atom. The molecule has 2 nitrogen and oxygen atoms in total. The van der Waals surface area contributed by atoms with Gasteiger partial charge in [-0.1, -0.05) is 30.3 Å². The second-order valence-electron chi connectivity index (χ2n) is 4.25. The van der Waals surface area contributed by atoms with Crippen LogP contribution in [0.1, 0.15) is 17.4 Å². The van der Waals surface area contributed by atoms with E-state index in [4.69, 9.17) is 4.74 Å². The summed E-state index contributed by atoms with van der Waals surface area (Å²) in [5, 5.41) is 3.10. The summed E-state index contributed by atoms with van der Waals surface area (Å²) in [4.78, 5) is 0. The zero-order valence-corrected chi connectivity index (χ0v) is 10.8. The van der Waals surface area contributed by atoms with Gasteiger partial charge < -0.3 is 10.1 Å². The topological polar surface area (TPSA) is 21.3 Å². The van der Waals surface area contributed by atoms with Crippen LogP contribution >= 0.6 is 0 Å². The van der Waals surface area contributed by atoms with Crippen LogP contribution in [0.3, 0.4) is 0 Å². The summed E-state index contributed by atoms with van der Waals surface area (Å²) < 4.78 is 42.8. The minimum Gasteiger partial charge on any atom is -0.357 e. The Bertz CT molecular complexity index is 537. The van der Waals surface area contributed by atoms with E-state index in [0.717, 1.165) is 17.8 Å². The van der Waals surface area contributed by atoms with E-state index in [1.165, 1.54) is 19.2 Å². The van der Waals surface area contributed by atoms with Crippen LogP contribution in [0.25, 0.3) is 0 Å². The van der Waals surface area contributed by atoms with E-state index in [1.807, 2.05) is 30.3 Å². The molecule has 2 rings (SSSR count). The van der Waals surface area contributed by atoms with Crippen molar-refractivity contribution in [3.63, 3.8) is 0 Å². The molecule has 5 heteroatoms. The molecular formula is C15H14F3NO. The average molecular weight is 281 g/mol. The molecule has 1 N–H and O–H groups in total. The zero-order valence-electron chi connectivity index (χ0n) is 10.8. The van der Waals surface area contributed by atoms with Crippen LogP contribution in [0, 0.1) is 0 Å². The van der Waals surface area contributed by atoms with Crippen LogP contribution in [0.15, 0.2) is 54.6 Å². The number of rotatable bonds is 4. The van der Waals surface area contributed by atoms with E-state index in [2.05, 4.69) is 5.32 Å². The highest BCUT2D eigenvalue weighted by Gasteiger charge is 2.30. The Balaban J connectivity index is 2.16. The molecule has 2 aromatic carbocycles. The van der Waals surface area contributed by atoms with Gasteiger partial charge in [0.2, 0.25) is 0 Å². The molecule has 1 unspecified atom stereocenters. The molecule has 0 fully saturated rings. The maximum atomic E-state index is 12.5. The van der Waals surface area contributed by atoms with Gasteiger partial charge in [0.1, 0.15) is 0 Å². The highest BCUT2D eigenvalue weighted by Crippen LogP contribution is 2.30. The van der Waals surface area contributed by atoms with Gasteiger partial charge in [0.15, 0.2) is 6.23 Å². The molecule has 0 spiro atoms. The van der Waals surface area contributed by atoms with Crippen LogP contribution in [0.5, 0.6) is 0 Å². The Labute approximate surface area is 115 Å². The van der Waals surface area contributed by atoms with Gasteiger partial charge in [0, 0.05) is 18.4 Å². The maximum absolute atomic E-state index is 12.5. The SMILES string of the molecule is COC(Nc1ccccc1)c1ccc(C(F)(F)F)cc1. The van der Waals surface area contributed by atoms with E-state index in [-0.39, 0.29) is 0 Å². The lowest BCUT2D eigenvalue weighted by atomic mass is 10.1. The third-order valence-electron chi connectivity index (χ3n) is 2.85. The molecule has 0 heterocycles. The number of benzene rings is 2. The minimum absolute atomic E-state index is 0.500. The molecule has 0 aliphatic carbocycles. The maximum Gasteiger partial charge on any atom is 0.416 e. The first-order valence-electron chi connectivity index (χ1n) is 6.02. The predicted octanol–water partition coefficient (Wildman–Crippen LogP) is 4.46. The third-order valence-corrected chi connectivity index (χ3v) is 2.85. The molecule has 2 aromatic rings. The fraction of sp³-hybridized carbons (Fsp3) is 0.200. The normalized spacial score (nSPS) is 13.0. The number of ether oxygens (including phenoxy) is 1. The first-order chi connectivity index (χ1) is 9.50. The molecule has 0 saturated carbocycles. The fourth-order valence-electron chi connectivity index (χ4n) is 1.81. The Hall–Kier alpha value is -2.01. The van der Waals surface area contributed by atoms with Crippen LogP contribution in [0.4, 0.5) is 18.9 Å².